The topological polar surface area (TPSA) is 37.4 Å². The molecular formula is C14H16FN3OS. The van der Waals surface area contributed by atoms with Gasteiger partial charge < -0.3 is 15.0 Å². The summed E-state index contributed by atoms with van der Waals surface area (Å²) in [5.41, 5.74) is 1.84. The molecule has 6 heteroatoms. The van der Waals surface area contributed by atoms with Gasteiger partial charge in [0.15, 0.2) is 5.13 Å². The smallest absolute Gasteiger partial charge is 0.184 e. The molecule has 1 aromatic carbocycles. The van der Waals surface area contributed by atoms with Crippen molar-refractivity contribution in [2.75, 3.05) is 43.6 Å². The van der Waals surface area contributed by atoms with Crippen LogP contribution < -0.4 is 10.2 Å². The van der Waals surface area contributed by atoms with Crippen molar-refractivity contribution >= 4 is 21.5 Å². The lowest BCUT2D eigenvalue weighted by molar-refractivity contribution is 0.123. The van der Waals surface area contributed by atoms with Gasteiger partial charge in [-0.15, -0.1) is 0 Å². The van der Waals surface area contributed by atoms with Crippen molar-refractivity contribution in [3.8, 4) is 11.3 Å². The van der Waals surface area contributed by atoms with Gasteiger partial charge in [0.25, 0.3) is 0 Å². The highest BCUT2D eigenvalue weighted by atomic mass is 32.1. The molecule has 2 heterocycles. The molecule has 0 saturated carbocycles. The van der Waals surface area contributed by atoms with Crippen LogP contribution in [0.3, 0.4) is 0 Å². The molecule has 0 radical (unpaired) electrons. The van der Waals surface area contributed by atoms with Gasteiger partial charge in [-0.25, -0.2) is 9.37 Å². The van der Waals surface area contributed by atoms with Crippen molar-refractivity contribution < 1.29 is 9.13 Å². The molecule has 106 valence electrons. The number of morpholine rings is 1. The molecule has 0 bridgehead atoms. The largest absolute Gasteiger partial charge is 0.378 e. The van der Waals surface area contributed by atoms with Crippen LogP contribution in [0.5, 0.6) is 0 Å². The summed E-state index contributed by atoms with van der Waals surface area (Å²) in [7, 11) is 1.86. The van der Waals surface area contributed by atoms with Gasteiger partial charge in [0.05, 0.1) is 13.2 Å². The third-order valence-corrected chi connectivity index (χ3v) is 4.37. The van der Waals surface area contributed by atoms with Gasteiger partial charge in [0.2, 0.25) is 0 Å². The average molecular weight is 293 g/mol. The Morgan fingerprint density at radius 2 is 1.95 bits per heavy atom. The van der Waals surface area contributed by atoms with Gasteiger partial charge in [-0.1, -0.05) is 11.3 Å². The number of nitrogens with one attached hydrogen (secondary N) is 1. The first-order valence-corrected chi connectivity index (χ1v) is 7.37. The Morgan fingerprint density at radius 3 is 2.60 bits per heavy atom. The number of aromatic nitrogens is 1. The summed E-state index contributed by atoms with van der Waals surface area (Å²) in [5.74, 6) is -0.231. The highest BCUT2D eigenvalue weighted by molar-refractivity contribution is 7.20. The van der Waals surface area contributed by atoms with E-state index >= 15 is 0 Å². The van der Waals surface area contributed by atoms with Crippen molar-refractivity contribution in [3.05, 3.63) is 30.1 Å². The molecule has 4 nitrogen and oxygen atoms in total. The molecule has 20 heavy (non-hydrogen) atoms. The van der Waals surface area contributed by atoms with E-state index in [-0.39, 0.29) is 5.82 Å². The van der Waals surface area contributed by atoms with E-state index < -0.39 is 0 Å². The number of ether oxygens (including phenoxy) is 1. The summed E-state index contributed by atoms with van der Waals surface area (Å²) in [6.45, 7) is 3.18. The zero-order valence-electron chi connectivity index (χ0n) is 11.2. The lowest BCUT2D eigenvalue weighted by atomic mass is 10.1. The zero-order valence-corrected chi connectivity index (χ0v) is 12.0. The van der Waals surface area contributed by atoms with Crippen LogP contribution in [0.15, 0.2) is 24.3 Å². The Kier molecular flexibility index (Phi) is 3.84. The summed E-state index contributed by atoms with van der Waals surface area (Å²) >= 11 is 1.62. The maximum atomic E-state index is 13.1. The van der Waals surface area contributed by atoms with Crippen LogP contribution in [-0.4, -0.2) is 38.3 Å². The number of nitrogens with zero attached hydrogens (tertiary/aromatic N) is 2. The van der Waals surface area contributed by atoms with E-state index in [1.165, 1.54) is 12.1 Å². The molecule has 2 aromatic rings. The molecule has 0 unspecified atom stereocenters. The average Bonchev–Trinajstić information content (AvgIpc) is 2.93. The second-order valence-electron chi connectivity index (χ2n) is 4.53. The van der Waals surface area contributed by atoms with Crippen molar-refractivity contribution in [1.82, 2.24) is 4.98 Å². The van der Waals surface area contributed by atoms with Crippen molar-refractivity contribution in [1.29, 1.82) is 0 Å². The van der Waals surface area contributed by atoms with Gasteiger partial charge >= 0.3 is 0 Å². The quantitative estimate of drug-likeness (QED) is 0.944. The minimum Gasteiger partial charge on any atom is -0.378 e. The fraction of sp³-hybridized carbons (Fsp3) is 0.357. The monoisotopic (exact) mass is 293 g/mol. The van der Waals surface area contributed by atoms with Crippen LogP contribution in [0.4, 0.5) is 14.5 Å². The third-order valence-electron chi connectivity index (χ3n) is 3.24. The lowest BCUT2D eigenvalue weighted by Gasteiger charge is -2.27. The molecule has 0 amide bonds. The third kappa shape index (κ3) is 2.62. The van der Waals surface area contributed by atoms with Crippen molar-refractivity contribution in [2.24, 2.45) is 0 Å². The fourth-order valence-corrected chi connectivity index (χ4v) is 3.19. The maximum Gasteiger partial charge on any atom is 0.184 e. The number of rotatable bonds is 3. The Hall–Kier alpha value is -1.66. The molecule has 0 spiro atoms. The van der Waals surface area contributed by atoms with E-state index in [4.69, 9.17) is 4.74 Å². The highest BCUT2D eigenvalue weighted by Crippen LogP contribution is 2.38. The van der Waals surface area contributed by atoms with Gasteiger partial charge in [-0.2, -0.15) is 0 Å². The van der Waals surface area contributed by atoms with Crippen LogP contribution in [0.2, 0.25) is 0 Å². The van der Waals surface area contributed by atoms with E-state index in [1.807, 2.05) is 7.05 Å². The first-order chi connectivity index (χ1) is 9.78. The van der Waals surface area contributed by atoms with Gasteiger partial charge in [-0.05, 0) is 24.3 Å². The van der Waals surface area contributed by atoms with Gasteiger partial charge in [0, 0.05) is 25.7 Å². The summed E-state index contributed by atoms with van der Waals surface area (Å²) in [6, 6.07) is 6.48. The number of benzene rings is 1. The number of hydrogen-bond acceptors (Lipinski definition) is 5. The van der Waals surface area contributed by atoms with E-state index in [2.05, 4.69) is 15.2 Å². The van der Waals surface area contributed by atoms with Crippen molar-refractivity contribution in [2.45, 2.75) is 0 Å². The minimum absolute atomic E-state index is 0.231. The second-order valence-corrected chi connectivity index (χ2v) is 5.51. The molecule has 1 fully saturated rings. The number of anilines is 2. The normalized spacial score (nSPS) is 15.4. The summed E-state index contributed by atoms with van der Waals surface area (Å²) < 4.78 is 18.5. The lowest BCUT2D eigenvalue weighted by Crippen LogP contribution is -2.35. The second kappa shape index (κ2) is 5.76. The van der Waals surface area contributed by atoms with E-state index in [9.17, 15) is 4.39 Å². The molecule has 1 saturated heterocycles. The Morgan fingerprint density at radius 1 is 1.25 bits per heavy atom. The highest BCUT2D eigenvalue weighted by Gasteiger charge is 2.20. The Bertz CT molecular complexity index is 579. The minimum atomic E-state index is -0.231. The SMILES string of the molecule is CNc1nc(-c2ccc(F)cc2)c(N2CCOCC2)s1. The maximum absolute atomic E-state index is 13.1. The molecular weight excluding hydrogens is 277 g/mol. The fourth-order valence-electron chi connectivity index (χ4n) is 2.20. The summed E-state index contributed by atoms with van der Waals surface area (Å²) in [4.78, 5) is 6.88. The standard InChI is InChI=1S/C14H16FN3OS/c1-16-14-17-12(10-2-4-11(15)5-3-10)13(20-14)18-6-8-19-9-7-18/h2-5H,6-9H2,1H3,(H,16,17). The molecule has 0 aliphatic carbocycles. The zero-order chi connectivity index (χ0) is 13.9. The predicted octanol–water partition coefficient (Wildman–Crippen LogP) is 2.83. The van der Waals surface area contributed by atoms with Crippen molar-refractivity contribution in [3.63, 3.8) is 0 Å². The first-order valence-electron chi connectivity index (χ1n) is 6.55. The molecule has 1 N–H and O–H groups in total. The van der Waals surface area contributed by atoms with Crippen LogP contribution in [0, 0.1) is 5.82 Å². The van der Waals surface area contributed by atoms with E-state index in [1.54, 1.807) is 23.5 Å². The van der Waals surface area contributed by atoms with Crippen LogP contribution >= 0.6 is 11.3 Å². The Balaban J connectivity index is 1.99. The molecule has 3 rings (SSSR count). The number of halogens is 1. The van der Waals surface area contributed by atoms with Gasteiger partial charge in [-0.3, -0.25) is 0 Å². The van der Waals surface area contributed by atoms with Crippen LogP contribution in [-0.2, 0) is 4.74 Å². The summed E-state index contributed by atoms with van der Waals surface area (Å²) in [5, 5.41) is 5.06. The van der Waals surface area contributed by atoms with Gasteiger partial charge in [0.1, 0.15) is 16.5 Å². The Labute approximate surface area is 121 Å². The van der Waals surface area contributed by atoms with Crippen LogP contribution in [0.25, 0.3) is 11.3 Å². The molecule has 0 atom stereocenters. The van der Waals surface area contributed by atoms with E-state index in [0.717, 1.165) is 47.7 Å². The molecule has 1 aromatic heterocycles. The molecule has 1 aliphatic rings. The summed E-state index contributed by atoms with van der Waals surface area (Å²) in [6.07, 6.45) is 0. The van der Waals surface area contributed by atoms with E-state index in [0.29, 0.717) is 0 Å². The molecule has 1 aliphatic heterocycles. The number of thiazole rings is 1. The van der Waals surface area contributed by atoms with Crippen LogP contribution in [0.1, 0.15) is 0 Å². The first kappa shape index (κ1) is 13.3. The number of hydrogen-bond donors (Lipinski definition) is 1. The predicted molar refractivity (Wildman–Crippen MR) is 80.1 cm³/mol.